The summed E-state index contributed by atoms with van der Waals surface area (Å²) in [5.74, 6) is 0.353. The number of benzene rings is 1. The minimum absolute atomic E-state index is 0.128. The Hall–Kier alpha value is -1.78. The Balaban J connectivity index is 2.38. The summed E-state index contributed by atoms with van der Waals surface area (Å²) in [4.78, 5) is 7.99. The molecule has 0 saturated carbocycles. The minimum Gasteiger partial charge on any atom is -0.471 e. The zero-order valence-corrected chi connectivity index (χ0v) is 18.1. The molecule has 27 heavy (non-hydrogen) atoms. The van der Waals surface area contributed by atoms with Gasteiger partial charge in [-0.05, 0) is 57.8 Å². The van der Waals surface area contributed by atoms with Gasteiger partial charge in [0.1, 0.15) is 17.1 Å². The third-order valence-corrected chi connectivity index (χ3v) is 5.83. The van der Waals surface area contributed by atoms with E-state index < -0.39 is 22.2 Å². The van der Waals surface area contributed by atoms with E-state index in [2.05, 4.69) is 47.1 Å². The van der Waals surface area contributed by atoms with Crippen LogP contribution in [-0.4, -0.2) is 35.7 Å². The van der Waals surface area contributed by atoms with Crippen LogP contribution in [0.1, 0.15) is 19.4 Å². The second-order valence-corrected chi connectivity index (χ2v) is 8.73. The maximum Gasteiger partial charge on any atom is 0.240 e. The molecule has 0 bridgehead atoms. The van der Waals surface area contributed by atoms with Crippen molar-refractivity contribution in [3.8, 4) is 11.9 Å². The summed E-state index contributed by atoms with van der Waals surface area (Å²) in [6, 6.07) is 4.55. The minimum atomic E-state index is -4.08. The van der Waals surface area contributed by atoms with Crippen LogP contribution in [0.3, 0.4) is 0 Å². The Morgan fingerprint density at radius 3 is 2.56 bits per heavy atom. The smallest absolute Gasteiger partial charge is 0.240 e. The van der Waals surface area contributed by atoms with E-state index in [1.807, 2.05) is 0 Å². The quantitative estimate of drug-likeness (QED) is 0.525. The average Bonchev–Trinajstić information content (AvgIpc) is 2.55. The first-order chi connectivity index (χ1) is 12.5. The van der Waals surface area contributed by atoms with Crippen molar-refractivity contribution in [2.45, 2.75) is 31.0 Å². The molecular formula is C15H15Br2N5O4S. The number of aliphatic hydroxyl groups is 1. The largest absolute Gasteiger partial charge is 0.471 e. The molecule has 1 aromatic heterocycles. The maximum absolute atomic E-state index is 11.7. The van der Waals surface area contributed by atoms with E-state index in [4.69, 9.17) is 9.88 Å². The maximum atomic E-state index is 11.7. The van der Waals surface area contributed by atoms with E-state index in [1.165, 1.54) is 18.3 Å². The Bertz CT molecular complexity index is 1010. The van der Waals surface area contributed by atoms with E-state index in [-0.39, 0.29) is 26.8 Å². The zero-order valence-electron chi connectivity index (χ0n) is 14.1. The molecule has 1 heterocycles. The third kappa shape index (κ3) is 5.36. The number of rotatable bonds is 6. The third-order valence-electron chi connectivity index (χ3n) is 3.39. The Morgan fingerprint density at radius 1 is 1.33 bits per heavy atom. The van der Waals surface area contributed by atoms with Gasteiger partial charge in [0.25, 0.3) is 0 Å². The molecule has 0 aliphatic carbocycles. The molecule has 0 aliphatic heterocycles. The highest BCUT2D eigenvalue weighted by Gasteiger charge is 2.20. The normalized spacial score (nSPS) is 13.5. The van der Waals surface area contributed by atoms with Crippen LogP contribution in [0, 0.1) is 11.3 Å². The van der Waals surface area contributed by atoms with Gasteiger partial charge < -0.3 is 15.2 Å². The number of nitriles is 1. The highest BCUT2D eigenvalue weighted by atomic mass is 79.9. The molecule has 0 saturated heterocycles. The summed E-state index contributed by atoms with van der Waals surface area (Å²) >= 11 is 6.38. The summed E-state index contributed by atoms with van der Waals surface area (Å²) in [7, 11) is -4.08. The predicted molar refractivity (Wildman–Crippen MR) is 105 cm³/mol. The summed E-state index contributed by atoms with van der Waals surface area (Å²) in [6.07, 6.45) is 0.249. The van der Waals surface area contributed by atoms with Crippen LogP contribution < -0.4 is 15.2 Å². The molecule has 0 amide bonds. The monoisotopic (exact) mass is 519 g/mol. The molecule has 4 N–H and O–H groups in total. The zero-order chi connectivity index (χ0) is 20.4. The van der Waals surface area contributed by atoms with Gasteiger partial charge in [0, 0.05) is 10.2 Å². The number of halogens is 2. The summed E-state index contributed by atoms with van der Waals surface area (Å²) < 4.78 is 29.5. The van der Waals surface area contributed by atoms with Crippen molar-refractivity contribution < 1.29 is 18.3 Å². The van der Waals surface area contributed by atoms with E-state index in [9.17, 15) is 18.8 Å². The number of aromatic nitrogens is 2. The molecule has 0 unspecified atom stereocenters. The molecule has 0 spiro atoms. The number of anilines is 2. The van der Waals surface area contributed by atoms with Gasteiger partial charge in [-0.3, -0.25) is 0 Å². The number of nitrogens with one attached hydrogen (secondary N) is 1. The van der Waals surface area contributed by atoms with Crippen LogP contribution in [0.15, 0.2) is 32.2 Å². The van der Waals surface area contributed by atoms with Gasteiger partial charge >= 0.3 is 0 Å². The number of aliphatic hydroxyl groups excluding tert-OH is 1. The summed E-state index contributed by atoms with van der Waals surface area (Å²) in [6.45, 7) is 3.28. The second-order valence-electron chi connectivity index (χ2n) is 5.53. The van der Waals surface area contributed by atoms with Crippen molar-refractivity contribution in [2.24, 2.45) is 5.14 Å². The number of hydrogen-bond donors (Lipinski definition) is 3. The fraction of sp³-hybridized carbons (Fsp3) is 0.267. The topological polar surface area (TPSA) is 151 Å². The Labute approximate surface area is 172 Å². The van der Waals surface area contributed by atoms with Crippen LogP contribution in [0.4, 0.5) is 11.6 Å². The Morgan fingerprint density at radius 2 is 2.00 bits per heavy atom. The molecule has 144 valence electrons. The first-order valence-corrected chi connectivity index (χ1v) is 10.6. The fourth-order valence-electron chi connectivity index (χ4n) is 1.94. The molecule has 0 fully saturated rings. The van der Waals surface area contributed by atoms with Crippen molar-refractivity contribution in [1.29, 1.82) is 5.26 Å². The van der Waals surface area contributed by atoms with Gasteiger partial charge in [-0.2, -0.15) is 10.2 Å². The molecule has 2 aromatic rings. The van der Waals surface area contributed by atoms with Gasteiger partial charge in [0.15, 0.2) is 0 Å². The van der Waals surface area contributed by atoms with Gasteiger partial charge in [-0.15, -0.1) is 0 Å². The lowest BCUT2D eigenvalue weighted by Gasteiger charge is -2.17. The molecule has 9 nitrogen and oxygen atoms in total. The van der Waals surface area contributed by atoms with E-state index >= 15 is 0 Å². The second kappa shape index (κ2) is 8.49. The van der Waals surface area contributed by atoms with Crippen LogP contribution in [-0.2, 0) is 10.0 Å². The molecule has 2 rings (SSSR count). The first-order valence-electron chi connectivity index (χ1n) is 7.43. The van der Waals surface area contributed by atoms with Gasteiger partial charge in [0.05, 0.1) is 22.3 Å². The molecule has 12 heteroatoms. The highest BCUT2D eigenvalue weighted by Crippen LogP contribution is 2.31. The molecule has 1 aromatic carbocycles. The lowest BCUT2D eigenvalue weighted by atomic mass is 10.2. The first kappa shape index (κ1) is 21.5. The standard InChI is InChI=1S/C15H15Br2N5O4S/c1-7(23)8(2)26-14-12(17)6-20-15(22-14)21-10-3-9(5-18)13(11(16)4-10)27(19,24)25/h3-4,6-8,23H,1-2H3,(H2,19,24,25)(H,20,21,22)/t7-,8-/m1/s1. The van der Waals surface area contributed by atoms with Crippen LogP contribution >= 0.6 is 31.9 Å². The Kier molecular flexibility index (Phi) is 6.77. The molecule has 2 atom stereocenters. The van der Waals surface area contributed by atoms with Gasteiger partial charge in [-0.25, -0.2) is 18.5 Å². The summed E-state index contributed by atoms with van der Waals surface area (Å²) in [5.41, 5.74) is 0.230. The highest BCUT2D eigenvalue weighted by molar-refractivity contribution is 9.10. The number of hydrogen-bond acceptors (Lipinski definition) is 8. The fourth-order valence-corrected chi connectivity index (χ4v) is 4.10. The number of ether oxygens (including phenoxy) is 1. The van der Waals surface area contributed by atoms with Crippen LogP contribution in [0.2, 0.25) is 0 Å². The van der Waals surface area contributed by atoms with Crippen molar-refractivity contribution >= 4 is 53.5 Å². The molecule has 0 aliphatic rings. The number of sulfonamides is 1. The van der Waals surface area contributed by atoms with Gasteiger partial charge in [-0.1, -0.05) is 0 Å². The van der Waals surface area contributed by atoms with Crippen molar-refractivity contribution in [3.05, 3.63) is 32.8 Å². The van der Waals surface area contributed by atoms with Gasteiger partial charge in [0.2, 0.25) is 21.9 Å². The number of nitrogens with two attached hydrogens (primary N) is 1. The lowest BCUT2D eigenvalue weighted by molar-refractivity contribution is 0.0569. The van der Waals surface area contributed by atoms with Crippen LogP contribution in [0.25, 0.3) is 0 Å². The van der Waals surface area contributed by atoms with E-state index in [0.717, 1.165) is 0 Å². The predicted octanol–water partition coefficient (Wildman–Crippen LogP) is 2.41. The van der Waals surface area contributed by atoms with E-state index in [1.54, 1.807) is 19.9 Å². The number of nitrogens with zero attached hydrogens (tertiary/aromatic N) is 3. The molecular weight excluding hydrogens is 506 g/mol. The number of primary sulfonamides is 1. The SMILES string of the molecule is C[C@@H](O)[C@@H](C)Oc1nc(Nc2cc(Br)c(S(N)(=O)=O)c(C#N)c2)ncc1Br. The lowest BCUT2D eigenvalue weighted by Crippen LogP contribution is -2.26. The molecule has 0 radical (unpaired) electrons. The van der Waals surface area contributed by atoms with Crippen molar-refractivity contribution in [1.82, 2.24) is 9.97 Å². The van der Waals surface area contributed by atoms with Crippen molar-refractivity contribution in [3.63, 3.8) is 0 Å². The van der Waals surface area contributed by atoms with Crippen molar-refractivity contribution in [2.75, 3.05) is 5.32 Å². The average molecular weight is 521 g/mol. The summed E-state index contributed by atoms with van der Waals surface area (Å²) in [5, 5.41) is 26.8. The van der Waals surface area contributed by atoms with E-state index in [0.29, 0.717) is 10.2 Å². The van der Waals surface area contributed by atoms with Crippen LogP contribution in [0.5, 0.6) is 5.88 Å².